The molecule has 58 heavy (non-hydrogen) atoms. The van der Waals surface area contributed by atoms with Gasteiger partial charge in [-0.25, -0.2) is 0 Å². The van der Waals surface area contributed by atoms with Crippen molar-refractivity contribution in [2.24, 2.45) is 0 Å². The van der Waals surface area contributed by atoms with E-state index in [0.29, 0.717) is 0 Å². The van der Waals surface area contributed by atoms with Crippen LogP contribution in [-0.4, -0.2) is 0 Å². The second-order valence-electron chi connectivity index (χ2n) is 17.5. The van der Waals surface area contributed by atoms with Crippen LogP contribution >= 0.6 is 0 Å². The lowest BCUT2D eigenvalue weighted by atomic mass is 9.79. The smallest absolute Gasteiger partial charge is 0.0159 e. The molecule has 0 saturated carbocycles. The van der Waals surface area contributed by atoms with Crippen molar-refractivity contribution < 1.29 is 0 Å². The van der Waals surface area contributed by atoms with Crippen LogP contribution in [0.15, 0.2) is 182 Å². The van der Waals surface area contributed by atoms with Crippen LogP contribution in [0.3, 0.4) is 0 Å². The summed E-state index contributed by atoms with van der Waals surface area (Å²) in [7, 11) is 0. The normalized spacial score (nSPS) is 14.5. The average molecular weight is 739 g/mol. The fraction of sp³-hybridized carbons (Fsp3) is 0.103. The fourth-order valence-electron chi connectivity index (χ4n) is 11.1. The Labute approximate surface area is 340 Å². The highest BCUT2D eigenvalue weighted by molar-refractivity contribution is 6.30. The lowest BCUT2D eigenvalue weighted by Gasteiger charge is -2.24. The summed E-state index contributed by atoms with van der Waals surface area (Å²) < 4.78 is 0. The van der Waals surface area contributed by atoms with E-state index in [0.717, 1.165) is 0 Å². The van der Waals surface area contributed by atoms with E-state index in [-0.39, 0.29) is 10.8 Å². The van der Waals surface area contributed by atoms with Gasteiger partial charge in [-0.05, 0) is 133 Å². The van der Waals surface area contributed by atoms with Crippen molar-refractivity contribution in [2.75, 3.05) is 0 Å². The van der Waals surface area contributed by atoms with E-state index in [2.05, 4.69) is 210 Å². The van der Waals surface area contributed by atoms with Gasteiger partial charge in [-0.1, -0.05) is 198 Å². The molecule has 0 amide bonds. The zero-order valence-electron chi connectivity index (χ0n) is 33.3. The topological polar surface area (TPSA) is 0 Å². The Balaban J connectivity index is 1.14. The Kier molecular flexibility index (Phi) is 6.84. The summed E-state index contributed by atoms with van der Waals surface area (Å²) >= 11 is 0. The van der Waals surface area contributed by atoms with Gasteiger partial charge in [-0.3, -0.25) is 0 Å². The van der Waals surface area contributed by atoms with E-state index in [1.54, 1.807) is 0 Å². The minimum absolute atomic E-state index is 0.0778. The monoisotopic (exact) mass is 738 g/mol. The standard InChI is InChI=1S/C58H42/c1-57(2)49-27-15-13-17-37(49)39-31-29-35(33-51(39)57)53-41-19-5-9-23-45(41)55(46-24-10-6-20-42(46)53)56-47-25-11-7-21-43(47)54(44-22-8-12-26-48(44)56)36-30-32-40-38-18-14-16-28-50(38)58(3,4)52(40)34-36/h5-34H,1-4H3. The van der Waals surface area contributed by atoms with Crippen LogP contribution in [0.25, 0.3) is 98.7 Å². The van der Waals surface area contributed by atoms with Crippen molar-refractivity contribution in [3.63, 3.8) is 0 Å². The number of hydrogen-bond donors (Lipinski definition) is 0. The first-order chi connectivity index (χ1) is 28.3. The molecule has 2 aliphatic rings. The minimum Gasteiger partial charge on any atom is -0.0619 e. The minimum atomic E-state index is -0.0778. The molecule has 10 aromatic carbocycles. The molecule has 12 rings (SSSR count). The van der Waals surface area contributed by atoms with E-state index in [9.17, 15) is 0 Å². The maximum absolute atomic E-state index is 2.49. The van der Waals surface area contributed by atoms with Gasteiger partial charge in [-0.15, -0.1) is 0 Å². The molecule has 0 unspecified atom stereocenters. The van der Waals surface area contributed by atoms with Gasteiger partial charge in [0.15, 0.2) is 0 Å². The maximum Gasteiger partial charge on any atom is 0.0159 e. The molecule has 0 atom stereocenters. The van der Waals surface area contributed by atoms with Gasteiger partial charge in [0.25, 0.3) is 0 Å². The van der Waals surface area contributed by atoms with Crippen LogP contribution in [0.1, 0.15) is 49.9 Å². The predicted molar refractivity (Wildman–Crippen MR) is 248 cm³/mol. The zero-order chi connectivity index (χ0) is 38.9. The summed E-state index contributed by atoms with van der Waals surface area (Å²) in [6.07, 6.45) is 0. The third kappa shape index (κ3) is 4.41. The molecule has 274 valence electrons. The number of hydrogen-bond acceptors (Lipinski definition) is 0. The van der Waals surface area contributed by atoms with Gasteiger partial charge in [-0.2, -0.15) is 0 Å². The highest BCUT2D eigenvalue weighted by Crippen LogP contribution is 2.54. The Bertz CT molecular complexity index is 3050. The van der Waals surface area contributed by atoms with Crippen molar-refractivity contribution in [1.29, 1.82) is 0 Å². The van der Waals surface area contributed by atoms with Crippen LogP contribution in [0.5, 0.6) is 0 Å². The van der Waals surface area contributed by atoms with Gasteiger partial charge in [0, 0.05) is 10.8 Å². The van der Waals surface area contributed by atoms with Crippen molar-refractivity contribution in [1.82, 2.24) is 0 Å². The van der Waals surface area contributed by atoms with Gasteiger partial charge in [0.05, 0.1) is 0 Å². The fourth-order valence-corrected chi connectivity index (χ4v) is 11.1. The third-order valence-electron chi connectivity index (χ3n) is 13.9. The van der Waals surface area contributed by atoms with E-state index < -0.39 is 0 Å². The molecule has 0 saturated heterocycles. The van der Waals surface area contributed by atoms with E-state index in [4.69, 9.17) is 0 Å². The second-order valence-corrected chi connectivity index (χ2v) is 17.5. The molecule has 0 heterocycles. The van der Waals surface area contributed by atoms with E-state index >= 15 is 0 Å². The number of rotatable bonds is 3. The van der Waals surface area contributed by atoms with Gasteiger partial charge >= 0.3 is 0 Å². The van der Waals surface area contributed by atoms with E-state index in [1.165, 1.54) is 121 Å². The molecule has 0 heteroatoms. The van der Waals surface area contributed by atoms with Crippen LogP contribution < -0.4 is 0 Å². The van der Waals surface area contributed by atoms with Gasteiger partial charge in [0.1, 0.15) is 0 Å². The molecule has 0 bridgehead atoms. The highest BCUT2D eigenvalue weighted by Gasteiger charge is 2.37. The molecule has 0 radical (unpaired) electrons. The Morgan fingerprint density at radius 1 is 0.241 bits per heavy atom. The Hall–Kier alpha value is -6.76. The first-order valence-electron chi connectivity index (χ1n) is 20.7. The van der Waals surface area contributed by atoms with Crippen molar-refractivity contribution in [3.8, 4) is 55.6 Å². The molecular formula is C58H42. The predicted octanol–water partition coefficient (Wildman–Crippen LogP) is 15.9. The summed E-state index contributed by atoms with van der Waals surface area (Å²) in [5.41, 5.74) is 18.6. The molecule has 0 fully saturated rings. The Morgan fingerprint density at radius 3 is 0.828 bits per heavy atom. The summed E-state index contributed by atoms with van der Waals surface area (Å²) in [6.45, 7) is 9.51. The first kappa shape index (κ1) is 33.4. The van der Waals surface area contributed by atoms with Crippen LogP contribution in [0, 0.1) is 0 Å². The van der Waals surface area contributed by atoms with Crippen molar-refractivity contribution in [2.45, 2.75) is 38.5 Å². The molecule has 0 spiro atoms. The van der Waals surface area contributed by atoms with Crippen LogP contribution in [-0.2, 0) is 10.8 Å². The second kappa shape index (κ2) is 11.9. The van der Waals surface area contributed by atoms with Crippen molar-refractivity contribution in [3.05, 3.63) is 204 Å². The van der Waals surface area contributed by atoms with Crippen LogP contribution in [0.2, 0.25) is 0 Å². The zero-order valence-corrected chi connectivity index (χ0v) is 33.3. The molecule has 0 nitrogen and oxygen atoms in total. The Morgan fingerprint density at radius 2 is 0.500 bits per heavy atom. The molecule has 0 aromatic heterocycles. The summed E-state index contributed by atoms with van der Waals surface area (Å²) in [5, 5.41) is 10.2. The first-order valence-corrected chi connectivity index (χ1v) is 20.7. The SMILES string of the molecule is CC1(C)c2ccccc2-c2ccc(-c3c4ccccc4c(-c4c5ccccc5c(-c5ccc6c(c5)C(C)(C)c5ccccc5-6)c5ccccc45)c4ccccc34)cc21. The van der Waals surface area contributed by atoms with Gasteiger partial charge < -0.3 is 0 Å². The maximum atomic E-state index is 2.49. The molecular weight excluding hydrogens is 697 g/mol. The lowest BCUT2D eigenvalue weighted by molar-refractivity contribution is 0.660. The van der Waals surface area contributed by atoms with E-state index in [1.807, 2.05) is 0 Å². The quantitative estimate of drug-likeness (QED) is 0.158. The van der Waals surface area contributed by atoms with Crippen molar-refractivity contribution >= 4 is 43.1 Å². The largest absolute Gasteiger partial charge is 0.0619 e. The molecule has 0 N–H and O–H groups in total. The molecule has 2 aliphatic carbocycles. The lowest BCUT2D eigenvalue weighted by Crippen LogP contribution is -2.14. The van der Waals surface area contributed by atoms with Gasteiger partial charge in [0.2, 0.25) is 0 Å². The number of fused-ring (bicyclic) bond motifs is 10. The van der Waals surface area contributed by atoms with Crippen LogP contribution in [0.4, 0.5) is 0 Å². The third-order valence-corrected chi connectivity index (χ3v) is 13.9. The molecule has 10 aromatic rings. The summed E-state index contributed by atoms with van der Waals surface area (Å²) in [5.74, 6) is 0. The number of benzene rings is 10. The summed E-state index contributed by atoms with van der Waals surface area (Å²) in [4.78, 5) is 0. The highest BCUT2D eigenvalue weighted by atomic mass is 14.4. The average Bonchev–Trinajstić information content (AvgIpc) is 3.63. The molecule has 0 aliphatic heterocycles. The summed E-state index contributed by atoms with van der Waals surface area (Å²) in [6, 6.07) is 68.8.